The Kier molecular flexibility index (Phi) is 7.58. The molecule has 0 saturated carbocycles. The van der Waals surface area contributed by atoms with E-state index in [2.05, 4.69) is 43.6 Å². The third-order valence-corrected chi connectivity index (χ3v) is 8.11. The number of benzene rings is 2. The van der Waals surface area contributed by atoms with Gasteiger partial charge in [0, 0.05) is 55.3 Å². The van der Waals surface area contributed by atoms with Gasteiger partial charge in [0.25, 0.3) is 5.91 Å². The standard InChI is InChI=1S/C30H31ClFN7O/c1-19-14-22(26-4-5-27(31)37-36-26)16-25-28(19)34-18-35-29(25)39-11-6-20-2-3-21(15-23(20)17-39)30(40)38-12-7-24(8-13-38)33-10-9-32/h2-5,14-16,18,24,33H,6-13,17H2,1H3. The number of rotatable bonds is 6. The molecular weight excluding hydrogens is 529 g/mol. The molecule has 1 N–H and O–H groups in total. The smallest absolute Gasteiger partial charge is 0.253 e. The highest BCUT2D eigenvalue weighted by Gasteiger charge is 2.26. The Labute approximate surface area is 237 Å². The molecule has 2 aromatic heterocycles. The van der Waals surface area contributed by atoms with Crippen LogP contribution in [0.2, 0.25) is 5.15 Å². The van der Waals surface area contributed by atoms with Crippen LogP contribution in [0.1, 0.15) is 39.9 Å². The van der Waals surface area contributed by atoms with Crippen LogP contribution in [0, 0.1) is 6.92 Å². The normalized spacial score (nSPS) is 15.9. The number of hydrogen-bond acceptors (Lipinski definition) is 7. The quantitative estimate of drug-likeness (QED) is 0.364. The zero-order valence-electron chi connectivity index (χ0n) is 22.4. The van der Waals surface area contributed by atoms with Gasteiger partial charge in [-0.1, -0.05) is 17.7 Å². The van der Waals surface area contributed by atoms with Crippen molar-refractivity contribution in [3.8, 4) is 11.3 Å². The van der Waals surface area contributed by atoms with Crippen LogP contribution < -0.4 is 10.2 Å². The van der Waals surface area contributed by atoms with Crippen LogP contribution in [0.4, 0.5) is 10.2 Å². The summed E-state index contributed by atoms with van der Waals surface area (Å²) in [5.74, 6) is 0.919. The van der Waals surface area contributed by atoms with E-state index >= 15 is 0 Å². The maximum Gasteiger partial charge on any atom is 0.253 e. The number of amides is 1. The van der Waals surface area contributed by atoms with Crippen LogP contribution in [0.25, 0.3) is 22.2 Å². The van der Waals surface area contributed by atoms with E-state index in [1.165, 1.54) is 5.56 Å². The summed E-state index contributed by atoms with van der Waals surface area (Å²) in [7, 11) is 0. The van der Waals surface area contributed by atoms with Crippen LogP contribution in [0.3, 0.4) is 0 Å². The van der Waals surface area contributed by atoms with Crippen LogP contribution in [0.15, 0.2) is 48.8 Å². The molecule has 206 valence electrons. The lowest BCUT2D eigenvalue weighted by molar-refractivity contribution is 0.0704. The minimum Gasteiger partial charge on any atom is -0.351 e. The number of halogens is 2. The molecule has 2 aliphatic heterocycles. The molecule has 1 amide bonds. The number of nitrogens with one attached hydrogen (secondary N) is 1. The number of aryl methyl sites for hydroxylation is 1. The minimum atomic E-state index is -0.367. The molecule has 0 bridgehead atoms. The number of nitrogens with zero attached hydrogens (tertiary/aromatic N) is 6. The number of anilines is 1. The number of fused-ring (bicyclic) bond motifs is 2. The molecule has 40 heavy (non-hydrogen) atoms. The first-order chi connectivity index (χ1) is 19.5. The molecular formula is C30H31ClFN7O. The van der Waals surface area contributed by atoms with Gasteiger partial charge in [-0.15, -0.1) is 10.2 Å². The molecule has 6 rings (SSSR count). The molecule has 0 spiro atoms. The number of likely N-dealkylation sites (tertiary alicyclic amines) is 1. The van der Waals surface area contributed by atoms with E-state index < -0.39 is 0 Å². The van der Waals surface area contributed by atoms with Gasteiger partial charge in [-0.05, 0) is 79.3 Å². The Morgan fingerprint density at radius 3 is 2.67 bits per heavy atom. The highest BCUT2D eigenvalue weighted by atomic mass is 35.5. The summed E-state index contributed by atoms with van der Waals surface area (Å²) in [5, 5.41) is 12.8. The fraction of sp³-hybridized carbons (Fsp3) is 0.367. The predicted octanol–water partition coefficient (Wildman–Crippen LogP) is 4.78. The maximum absolute atomic E-state index is 13.4. The van der Waals surface area contributed by atoms with E-state index in [1.807, 2.05) is 30.0 Å². The average Bonchev–Trinajstić information content (AvgIpc) is 2.99. The van der Waals surface area contributed by atoms with E-state index in [0.717, 1.165) is 64.9 Å². The van der Waals surface area contributed by atoms with Crippen molar-refractivity contribution in [3.05, 3.63) is 76.2 Å². The third-order valence-electron chi connectivity index (χ3n) is 7.91. The first-order valence-corrected chi connectivity index (χ1v) is 14.1. The number of alkyl halides is 1. The molecule has 10 heteroatoms. The first kappa shape index (κ1) is 26.5. The van der Waals surface area contributed by atoms with Gasteiger partial charge in [0.15, 0.2) is 5.15 Å². The lowest BCUT2D eigenvalue weighted by atomic mass is 9.96. The second-order valence-corrected chi connectivity index (χ2v) is 10.9. The SMILES string of the molecule is Cc1cc(-c2ccc(Cl)nn2)cc2c(N3CCc4ccc(C(=O)N5CCC(NCCF)CC5)cc4C3)ncnc12. The first-order valence-electron chi connectivity index (χ1n) is 13.7. The van der Waals surface area contributed by atoms with Gasteiger partial charge in [-0.25, -0.2) is 14.4 Å². The highest BCUT2D eigenvalue weighted by molar-refractivity contribution is 6.29. The summed E-state index contributed by atoms with van der Waals surface area (Å²) in [6.07, 6.45) is 4.17. The summed E-state index contributed by atoms with van der Waals surface area (Å²) >= 11 is 5.95. The van der Waals surface area contributed by atoms with E-state index in [4.69, 9.17) is 16.6 Å². The second kappa shape index (κ2) is 11.4. The lowest BCUT2D eigenvalue weighted by Gasteiger charge is -2.33. The lowest BCUT2D eigenvalue weighted by Crippen LogP contribution is -2.45. The van der Waals surface area contributed by atoms with Crippen molar-refractivity contribution in [1.82, 2.24) is 30.4 Å². The van der Waals surface area contributed by atoms with Crippen LogP contribution in [-0.2, 0) is 13.0 Å². The maximum atomic E-state index is 13.4. The summed E-state index contributed by atoms with van der Waals surface area (Å²) < 4.78 is 12.5. The number of piperidine rings is 1. The van der Waals surface area contributed by atoms with E-state index in [-0.39, 0.29) is 18.6 Å². The van der Waals surface area contributed by atoms with Gasteiger partial charge in [-0.2, -0.15) is 0 Å². The van der Waals surface area contributed by atoms with Gasteiger partial charge in [0.2, 0.25) is 0 Å². The van der Waals surface area contributed by atoms with Crippen LogP contribution in [0.5, 0.6) is 0 Å². The van der Waals surface area contributed by atoms with Crippen LogP contribution in [-0.4, -0.2) is 69.9 Å². The Morgan fingerprint density at radius 2 is 1.90 bits per heavy atom. The highest BCUT2D eigenvalue weighted by Crippen LogP contribution is 2.33. The van der Waals surface area contributed by atoms with Crippen molar-refractivity contribution in [1.29, 1.82) is 0 Å². The summed E-state index contributed by atoms with van der Waals surface area (Å²) in [4.78, 5) is 26.8. The molecule has 8 nitrogen and oxygen atoms in total. The number of hydrogen-bond donors (Lipinski definition) is 1. The van der Waals surface area contributed by atoms with E-state index in [9.17, 15) is 9.18 Å². The Bertz CT molecular complexity index is 1540. The average molecular weight is 560 g/mol. The van der Waals surface area contributed by atoms with Crippen molar-refractivity contribution in [3.63, 3.8) is 0 Å². The third kappa shape index (κ3) is 5.36. The van der Waals surface area contributed by atoms with Gasteiger partial charge in [0.05, 0.1) is 11.2 Å². The molecule has 1 saturated heterocycles. The van der Waals surface area contributed by atoms with E-state index in [0.29, 0.717) is 36.9 Å². The number of carbonyl (C=O) groups excluding carboxylic acids is 1. The largest absolute Gasteiger partial charge is 0.351 e. The zero-order valence-corrected chi connectivity index (χ0v) is 23.2. The molecule has 0 aliphatic carbocycles. The molecule has 0 radical (unpaired) electrons. The molecule has 0 unspecified atom stereocenters. The summed E-state index contributed by atoms with van der Waals surface area (Å²) in [6.45, 7) is 4.87. The van der Waals surface area contributed by atoms with Crippen molar-refractivity contribution >= 4 is 34.2 Å². The van der Waals surface area contributed by atoms with Crippen molar-refractivity contribution in [2.75, 3.05) is 37.8 Å². The second-order valence-electron chi connectivity index (χ2n) is 10.5. The fourth-order valence-electron chi connectivity index (χ4n) is 5.80. The van der Waals surface area contributed by atoms with Crippen molar-refractivity contribution in [2.45, 2.75) is 38.8 Å². The molecule has 4 aromatic rings. The van der Waals surface area contributed by atoms with Gasteiger partial charge < -0.3 is 15.1 Å². The van der Waals surface area contributed by atoms with Gasteiger partial charge >= 0.3 is 0 Å². The van der Waals surface area contributed by atoms with Gasteiger partial charge in [-0.3, -0.25) is 4.79 Å². The summed E-state index contributed by atoms with van der Waals surface area (Å²) in [6, 6.07) is 14.1. The van der Waals surface area contributed by atoms with Crippen molar-refractivity contribution < 1.29 is 9.18 Å². The topological polar surface area (TPSA) is 87.1 Å². The Hall–Kier alpha value is -3.69. The number of carbonyl (C=O) groups is 1. The fourth-order valence-corrected chi connectivity index (χ4v) is 5.90. The van der Waals surface area contributed by atoms with Crippen molar-refractivity contribution in [2.24, 2.45) is 0 Å². The Morgan fingerprint density at radius 1 is 1.05 bits per heavy atom. The van der Waals surface area contributed by atoms with E-state index in [1.54, 1.807) is 12.4 Å². The molecule has 4 heterocycles. The Balaban J connectivity index is 1.25. The predicted molar refractivity (Wildman–Crippen MR) is 154 cm³/mol. The number of aromatic nitrogens is 4. The minimum absolute atomic E-state index is 0.0562. The molecule has 2 aliphatic rings. The summed E-state index contributed by atoms with van der Waals surface area (Å²) in [5.41, 5.74) is 6.70. The monoisotopic (exact) mass is 559 g/mol. The molecule has 2 aromatic carbocycles. The molecule has 1 fully saturated rings. The molecule has 0 atom stereocenters. The zero-order chi connectivity index (χ0) is 27.6. The van der Waals surface area contributed by atoms with Gasteiger partial charge in [0.1, 0.15) is 18.8 Å². The van der Waals surface area contributed by atoms with Crippen LogP contribution >= 0.6 is 11.6 Å².